The number of nitrogens with one attached hydrogen (secondary N) is 2. The van der Waals surface area contributed by atoms with Gasteiger partial charge in [-0.3, -0.25) is 9.89 Å². The number of thiazole rings is 1. The van der Waals surface area contributed by atoms with Crippen molar-refractivity contribution in [2.24, 2.45) is 4.99 Å². The molecule has 0 radical (unpaired) electrons. The van der Waals surface area contributed by atoms with Crippen molar-refractivity contribution in [3.63, 3.8) is 0 Å². The molecule has 1 aromatic heterocycles. The molecule has 5 nitrogen and oxygen atoms in total. The number of aliphatic imine (C=N–C) groups is 1. The van der Waals surface area contributed by atoms with Crippen molar-refractivity contribution in [1.82, 2.24) is 20.5 Å². The van der Waals surface area contributed by atoms with Gasteiger partial charge >= 0.3 is 0 Å². The lowest BCUT2D eigenvalue weighted by molar-refractivity contribution is 0.261. The van der Waals surface area contributed by atoms with Crippen LogP contribution in [0.25, 0.3) is 0 Å². The molecule has 0 amide bonds. The van der Waals surface area contributed by atoms with E-state index in [9.17, 15) is 0 Å². The maximum absolute atomic E-state index is 4.74. The number of aryl methyl sites for hydroxylation is 1. The number of aromatic nitrogens is 1. The first-order valence-electron chi connectivity index (χ1n) is 9.47. The number of nitrogens with zero attached hydrogens (tertiary/aromatic N) is 3. The van der Waals surface area contributed by atoms with Crippen molar-refractivity contribution < 1.29 is 0 Å². The Hall–Kier alpha value is -1.92. The zero-order chi connectivity index (χ0) is 18.2. The second-order valence-electron chi connectivity index (χ2n) is 6.60. The molecule has 1 aliphatic rings. The molecule has 1 aliphatic heterocycles. The third-order valence-electron chi connectivity index (χ3n) is 4.54. The Bertz CT molecular complexity index is 724. The largest absolute Gasteiger partial charge is 0.357 e. The Labute approximate surface area is 160 Å². The standard InChI is InChI=1S/C20H29N5S/c1-3-21-20(22-10-8-19-24-14-16(2)26-19)23-11-13-25-12-9-17-6-4-5-7-18(17)15-25/h4-7,14H,3,8-13,15H2,1-2H3,(H2,21,22,23). The van der Waals surface area contributed by atoms with Crippen LogP contribution in [0.5, 0.6) is 0 Å². The first-order valence-corrected chi connectivity index (χ1v) is 10.3. The van der Waals surface area contributed by atoms with E-state index >= 15 is 0 Å². The predicted molar refractivity (Wildman–Crippen MR) is 110 cm³/mol. The quantitative estimate of drug-likeness (QED) is 0.580. The fraction of sp³-hybridized carbons (Fsp3) is 0.500. The van der Waals surface area contributed by atoms with E-state index < -0.39 is 0 Å². The number of rotatable bonds is 7. The molecule has 0 aliphatic carbocycles. The third kappa shape index (κ3) is 5.54. The molecule has 1 aromatic carbocycles. The molecule has 2 aromatic rings. The highest BCUT2D eigenvalue weighted by atomic mass is 32.1. The summed E-state index contributed by atoms with van der Waals surface area (Å²) in [7, 11) is 0. The average molecular weight is 372 g/mol. The summed E-state index contributed by atoms with van der Waals surface area (Å²) in [5.41, 5.74) is 2.96. The van der Waals surface area contributed by atoms with Crippen LogP contribution in [0.15, 0.2) is 35.5 Å². The van der Waals surface area contributed by atoms with Crippen LogP contribution in [0.4, 0.5) is 0 Å². The normalized spacial score (nSPS) is 14.9. The maximum atomic E-state index is 4.74. The Morgan fingerprint density at radius 3 is 2.88 bits per heavy atom. The van der Waals surface area contributed by atoms with Crippen LogP contribution < -0.4 is 10.6 Å². The minimum Gasteiger partial charge on any atom is -0.357 e. The SMILES string of the molecule is CCNC(=NCCN1CCc2ccccc2C1)NCCc1ncc(C)s1. The number of guanidine groups is 1. The zero-order valence-corrected chi connectivity index (χ0v) is 16.6. The number of benzene rings is 1. The molecule has 0 fully saturated rings. The van der Waals surface area contributed by atoms with Gasteiger partial charge in [-0.25, -0.2) is 4.98 Å². The number of fused-ring (bicyclic) bond motifs is 1. The van der Waals surface area contributed by atoms with Crippen LogP contribution in [0, 0.1) is 6.92 Å². The number of hydrogen-bond donors (Lipinski definition) is 2. The van der Waals surface area contributed by atoms with Gasteiger partial charge in [0.2, 0.25) is 0 Å². The van der Waals surface area contributed by atoms with Crippen molar-refractivity contribution in [1.29, 1.82) is 0 Å². The Kier molecular flexibility index (Phi) is 7.03. The van der Waals surface area contributed by atoms with E-state index in [1.807, 2.05) is 6.20 Å². The summed E-state index contributed by atoms with van der Waals surface area (Å²) in [5, 5.41) is 7.93. The second kappa shape index (κ2) is 9.69. The summed E-state index contributed by atoms with van der Waals surface area (Å²) in [6, 6.07) is 8.77. The van der Waals surface area contributed by atoms with Crippen LogP contribution in [0.1, 0.15) is 27.9 Å². The molecular formula is C20H29N5S. The summed E-state index contributed by atoms with van der Waals surface area (Å²) < 4.78 is 0. The van der Waals surface area contributed by atoms with Crippen LogP contribution in [-0.2, 0) is 19.4 Å². The highest BCUT2D eigenvalue weighted by Gasteiger charge is 2.14. The molecule has 140 valence electrons. The summed E-state index contributed by atoms with van der Waals surface area (Å²) in [6.45, 7) is 9.90. The van der Waals surface area contributed by atoms with Gasteiger partial charge in [-0.15, -0.1) is 11.3 Å². The second-order valence-corrected chi connectivity index (χ2v) is 7.92. The molecule has 0 unspecified atom stereocenters. The van der Waals surface area contributed by atoms with Crippen molar-refractivity contribution in [3.05, 3.63) is 51.5 Å². The van der Waals surface area contributed by atoms with Gasteiger partial charge in [0.25, 0.3) is 0 Å². The van der Waals surface area contributed by atoms with Gasteiger partial charge in [-0.05, 0) is 31.4 Å². The first-order chi connectivity index (χ1) is 12.7. The van der Waals surface area contributed by atoms with Gasteiger partial charge in [-0.1, -0.05) is 24.3 Å². The molecule has 0 atom stereocenters. The summed E-state index contributed by atoms with van der Waals surface area (Å²) in [4.78, 5) is 12.9. The van der Waals surface area contributed by atoms with Gasteiger partial charge in [-0.2, -0.15) is 0 Å². The van der Waals surface area contributed by atoms with E-state index in [2.05, 4.69) is 58.6 Å². The van der Waals surface area contributed by atoms with Gasteiger partial charge in [0.15, 0.2) is 5.96 Å². The Balaban J connectivity index is 1.43. The lowest BCUT2D eigenvalue weighted by Crippen LogP contribution is -2.39. The number of hydrogen-bond acceptors (Lipinski definition) is 4. The van der Waals surface area contributed by atoms with Crippen molar-refractivity contribution in [2.45, 2.75) is 33.2 Å². The summed E-state index contributed by atoms with van der Waals surface area (Å²) in [6.07, 6.45) is 4.02. The highest BCUT2D eigenvalue weighted by Crippen LogP contribution is 2.17. The molecule has 2 N–H and O–H groups in total. The zero-order valence-electron chi connectivity index (χ0n) is 15.8. The van der Waals surface area contributed by atoms with E-state index in [4.69, 9.17) is 4.99 Å². The van der Waals surface area contributed by atoms with E-state index in [0.29, 0.717) is 0 Å². The van der Waals surface area contributed by atoms with Crippen LogP contribution in [0.2, 0.25) is 0 Å². The van der Waals surface area contributed by atoms with Crippen LogP contribution in [0.3, 0.4) is 0 Å². The van der Waals surface area contributed by atoms with E-state index in [-0.39, 0.29) is 0 Å². The van der Waals surface area contributed by atoms with Crippen molar-refractivity contribution >= 4 is 17.3 Å². The fourth-order valence-electron chi connectivity index (χ4n) is 3.19. The van der Waals surface area contributed by atoms with Gasteiger partial charge < -0.3 is 10.6 Å². The molecular weight excluding hydrogens is 342 g/mol. The monoisotopic (exact) mass is 371 g/mol. The Morgan fingerprint density at radius 1 is 1.27 bits per heavy atom. The molecule has 26 heavy (non-hydrogen) atoms. The summed E-state index contributed by atoms with van der Waals surface area (Å²) in [5.74, 6) is 0.901. The smallest absolute Gasteiger partial charge is 0.191 e. The van der Waals surface area contributed by atoms with Crippen LogP contribution in [-0.4, -0.2) is 48.6 Å². The predicted octanol–water partition coefficient (Wildman–Crippen LogP) is 2.61. The highest BCUT2D eigenvalue weighted by molar-refractivity contribution is 7.11. The van der Waals surface area contributed by atoms with Gasteiger partial charge in [0.05, 0.1) is 11.6 Å². The topological polar surface area (TPSA) is 52.6 Å². The average Bonchev–Trinajstić information content (AvgIpc) is 3.07. The van der Waals surface area contributed by atoms with E-state index in [1.54, 1.807) is 11.3 Å². The molecule has 0 bridgehead atoms. The molecule has 0 saturated heterocycles. The molecule has 3 rings (SSSR count). The fourth-order valence-corrected chi connectivity index (χ4v) is 3.98. The van der Waals surface area contributed by atoms with E-state index in [1.165, 1.54) is 21.0 Å². The Morgan fingerprint density at radius 2 is 2.12 bits per heavy atom. The van der Waals surface area contributed by atoms with Gasteiger partial charge in [0, 0.05) is 50.2 Å². The van der Waals surface area contributed by atoms with Gasteiger partial charge in [0.1, 0.15) is 0 Å². The maximum Gasteiger partial charge on any atom is 0.191 e. The van der Waals surface area contributed by atoms with Crippen molar-refractivity contribution in [3.8, 4) is 0 Å². The lowest BCUT2D eigenvalue weighted by Gasteiger charge is -2.28. The van der Waals surface area contributed by atoms with Crippen molar-refractivity contribution in [2.75, 3.05) is 32.7 Å². The third-order valence-corrected chi connectivity index (χ3v) is 5.51. The first kappa shape index (κ1) is 18.9. The lowest BCUT2D eigenvalue weighted by atomic mass is 10.0. The van der Waals surface area contributed by atoms with Crippen LogP contribution >= 0.6 is 11.3 Å². The molecule has 2 heterocycles. The minimum atomic E-state index is 0.813. The summed E-state index contributed by atoms with van der Waals surface area (Å²) >= 11 is 1.77. The molecule has 0 saturated carbocycles. The molecule has 6 heteroatoms. The minimum absolute atomic E-state index is 0.813. The van der Waals surface area contributed by atoms with E-state index in [0.717, 1.165) is 58.1 Å². The molecule has 0 spiro atoms.